The number of hydroxylamine groups is 2. The molecule has 0 unspecified atom stereocenters. The van der Waals surface area contributed by atoms with Crippen LogP contribution in [0.25, 0.3) is 22.3 Å². The number of carbonyl (C=O) groups excluding carboxylic acids is 1. The predicted molar refractivity (Wildman–Crippen MR) is 103 cm³/mol. The lowest BCUT2D eigenvalue weighted by Crippen LogP contribution is -2.32. The van der Waals surface area contributed by atoms with E-state index >= 15 is 0 Å². The third-order valence-electron chi connectivity index (χ3n) is 4.03. The number of amides is 2. The highest BCUT2D eigenvalue weighted by atomic mass is 35.5. The van der Waals surface area contributed by atoms with Gasteiger partial charge in [0.2, 0.25) is 10.0 Å². The summed E-state index contributed by atoms with van der Waals surface area (Å²) in [5.41, 5.74) is 6.90. The summed E-state index contributed by atoms with van der Waals surface area (Å²) in [6.45, 7) is -0.342. The Labute approximate surface area is 165 Å². The number of benzene rings is 2. The van der Waals surface area contributed by atoms with E-state index in [0.717, 1.165) is 0 Å². The van der Waals surface area contributed by atoms with Crippen molar-refractivity contribution >= 4 is 27.7 Å². The number of rotatable bonds is 5. The molecule has 28 heavy (non-hydrogen) atoms. The summed E-state index contributed by atoms with van der Waals surface area (Å²) in [7, 11) is -4.01. The van der Waals surface area contributed by atoms with Gasteiger partial charge in [0.15, 0.2) is 0 Å². The summed E-state index contributed by atoms with van der Waals surface area (Å²) in [4.78, 5) is 11.1. The Morgan fingerprint density at radius 2 is 1.75 bits per heavy atom. The Morgan fingerprint density at radius 3 is 2.36 bits per heavy atom. The Morgan fingerprint density at radius 1 is 1.11 bits per heavy atom. The van der Waals surface area contributed by atoms with Crippen molar-refractivity contribution in [3.05, 3.63) is 65.6 Å². The van der Waals surface area contributed by atoms with Crippen molar-refractivity contribution in [3.8, 4) is 22.3 Å². The predicted octanol–water partition coefficient (Wildman–Crippen LogP) is 3.18. The Kier molecular flexibility index (Phi) is 5.43. The van der Waals surface area contributed by atoms with Gasteiger partial charge in [-0.3, -0.25) is 5.21 Å². The fourth-order valence-electron chi connectivity index (χ4n) is 2.80. The highest BCUT2D eigenvalue weighted by molar-refractivity contribution is 7.89. The second-order valence-corrected chi connectivity index (χ2v) is 7.86. The number of primary amides is 1. The van der Waals surface area contributed by atoms with E-state index in [1.165, 1.54) is 12.3 Å². The molecule has 2 aromatic carbocycles. The van der Waals surface area contributed by atoms with Crippen LogP contribution in [0.5, 0.6) is 0 Å². The van der Waals surface area contributed by atoms with Crippen molar-refractivity contribution in [3.63, 3.8) is 0 Å². The van der Waals surface area contributed by atoms with Gasteiger partial charge in [-0.25, -0.2) is 18.4 Å². The van der Waals surface area contributed by atoms with Crippen LogP contribution in [0, 0.1) is 0 Å². The molecule has 0 atom stereocenters. The molecule has 0 aliphatic rings. The third-order valence-corrected chi connectivity index (χ3v) is 5.25. The van der Waals surface area contributed by atoms with E-state index in [1.54, 1.807) is 42.5 Å². The zero-order chi connectivity index (χ0) is 20.5. The number of nitrogens with two attached hydrogens (primary N) is 2. The fraction of sp³-hybridized carbons (Fsp3) is 0.0556. The van der Waals surface area contributed by atoms with Crippen molar-refractivity contribution in [2.24, 2.45) is 10.9 Å². The van der Waals surface area contributed by atoms with Crippen molar-refractivity contribution in [1.82, 2.24) is 5.06 Å². The van der Waals surface area contributed by atoms with Crippen molar-refractivity contribution in [2.75, 3.05) is 0 Å². The SMILES string of the molecule is NC(=O)N(O)Cc1occ(-c2ccccc2S(N)(=O)=O)c1-c1ccc(Cl)cc1. The second-order valence-electron chi connectivity index (χ2n) is 5.89. The van der Waals surface area contributed by atoms with Crippen molar-refractivity contribution in [2.45, 2.75) is 11.4 Å². The quantitative estimate of drug-likeness (QED) is 0.428. The first-order valence-electron chi connectivity index (χ1n) is 7.93. The van der Waals surface area contributed by atoms with Gasteiger partial charge in [0.05, 0.1) is 11.2 Å². The molecule has 0 saturated heterocycles. The maximum atomic E-state index is 12.0. The van der Waals surface area contributed by atoms with Crippen LogP contribution in [0.3, 0.4) is 0 Å². The van der Waals surface area contributed by atoms with Gasteiger partial charge in [-0.1, -0.05) is 41.9 Å². The molecule has 0 aliphatic heterocycles. The lowest BCUT2D eigenvalue weighted by Gasteiger charge is -2.13. The molecule has 8 nitrogen and oxygen atoms in total. The van der Waals surface area contributed by atoms with Gasteiger partial charge in [0.1, 0.15) is 12.3 Å². The molecule has 146 valence electrons. The molecular formula is C18H16ClN3O5S. The van der Waals surface area contributed by atoms with Crippen LogP contribution in [0.2, 0.25) is 5.02 Å². The van der Waals surface area contributed by atoms with Crippen LogP contribution in [0.15, 0.2) is 64.1 Å². The number of urea groups is 1. The van der Waals surface area contributed by atoms with Crippen LogP contribution in [-0.4, -0.2) is 24.7 Å². The Bertz CT molecular complexity index is 1130. The molecule has 0 radical (unpaired) electrons. The Hall–Kier alpha value is -2.85. The summed E-state index contributed by atoms with van der Waals surface area (Å²) >= 11 is 5.95. The number of halogens is 1. The van der Waals surface area contributed by atoms with Crippen LogP contribution in [0.4, 0.5) is 4.79 Å². The van der Waals surface area contributed by atoms with E-state index < -0.39 is 16.1 Å². The molecule has 3 aromatic rings. The number of hydrogen-bond donors (Lipinski definition) is 3. The molecule has 1 heterocycles. The van der Waals surface area contributed by atoms with E-state index in [9.17, 15) is 18.4 Å². The second kappa shape index (κ2) is 7.64. The summed E-state index contributed by atoms with van der Waals surface area (Å²) in [5, 5.41) is 15.9. The standard InChI is InChI=1S/C18H16ClN3O5S/c19-12-7-5-11(6-8-12)17-14(10-27-15(17)9-22(24)18(20)23)13-3-1-2-4-16(13)28(21,25)26/h1-8,10,24H,9H2,(H2,20,23)(H2,21,25,26). The smallest absolute Gasteiger partial charge is 0.338 e. The van der Waals surface area contributed by atoms with Crippen molar-refractivity contribution < 1.29 is 22.8 Å². The highest BCUT2D eigenvalue weighted by Gasteiger charge is 2.24. The zero-order valence-corrected chi connectivity index (χ0v) is 15.9. The molecule has 5 N–H and O–H groups in total. The maximum Gasteiger partial charge on any atom is 0.338 e. The number of carbonyl (C=O) groups is 1. The maximum absolute atomic E-state index is 12.0. The lowest BCUT2D eigenvalue weighted by molar-refractivity contribution is -0.0511. The van der Waals surface area contributed by atoms with Gasteiger partial charge >= 0.3 is 6.03 Å². The van der Waals surface area contributed by atoms with Crippen LogP contribution in [-0.2, 0) is 16.6 Å². The molecule has 10 heteroatoms. The molecular weight excluding hydrogens is 406 g/mol. The largest absolute Gasteiger partial charge is 0.466 e. The average molecular weight is 422 g/mol. The molecule has 0 bridgehead atoms. The zero-order valence-electron chi connectivity index (χ0n) is 14.4. The number of nitrogens with zero attached hydrogens (tertiary/aromatic N) is 1. The lowest BCUT2D eigenvalue weighted by atomic mass is 9.96. The average Bonchev–Trinajstić information content (AvgIpc) is 3.05. The van der Waals surface area contributed by atoms with Crippen molar-refractivity contribution in [1.29, 1.82) is 0 Å². The minimum Gasteiger partial charge on any atom is -0.466 e. The third kappa shape index (κ3) is 4.02. The number of primary sulfonamides is 1. The topological polar surface area (TPSA) is 140 Å². The van der Waals surface area contributed by atoms with E-state index in [2.05, 4.69) is 0 Å². The van der Waals surface area contributed by atoms with Gasteiger partial charge in [-0.05, 0) is 23.8 Å². The molecule has 0 fully saturated rings. The Balaban J connectivity index is 2.25. The van der Waals surface area contributed by atoms with Crippen LogP contribution >= 0.6 is 11.6 Å². The fourth-order valence-corrected chi connectivity index (χ4v) is 3.68. The first-order valence-corrected chi connectivity index (χ1v) is 9.85. The number of hydrogen-bond acceptors (Lipinski definition) is 5. The molecule has 0 spiro atoms. The highest BCUT2D eigenvalue weighted by Crippen LogP contribution is 2.39. The van der Waals surface area contributed by atoms with Gasteiger partial charge in [0.25, 0.3) is 0 Å². The molecule has 2 amide bonds. The summed E-state index contributed by atoms with van der Waals surface area (Å²) in [5.74, 6) is 0.197. The summed E-state index contributed by atoms with van der Waals surface area (Å²) in [6, 6.07) is 11.8. The first-order chi connectivity index (χ1) is 13.2. The first kappa shape index (κ1) is 19.9. The number of furan rings is 1. The van der Waals surface area contributed by atoms with E-state index in [1.807, 2.05) is 0 Å². The molecule has 3 rings (SSSR count). The summed E-state index contributed by atoms with van der Waals surface area (Å²) in [6.07, 6.45) is 1.33. The normalized spacial score (nSPS) is 11.4. The minimum atomic E-state index is -4.01. The van der Waals surface area contributed by atoms with Gasteiger partial charge < -0.3 is 10.2 Å². The number of sulfonamides is 1. The van der Waals surface area contributed by atoms with E-state index in [0.29, 0.717) is 27.3 Å². The van der Waals surface area contributed by atoms with E-state index in [4.69, 9.17) is 26.9 Å². The minimum absolute atomic E-state index is 0.0895. The van der Waals surface area contributed by atoms with Crippen LogP contribution in [0.1, 0.15) is 5.76 Å². The van der Waals surface area contributed by atoms with Gasteiger partial charge in [-0.15, -0.1) is 0 Å². The van der Waals surface area contributed by atoms with Gasteiger partial charge in [-0.2, -0.15) is 5.06 Å². The molecule has 0 aliphatic carbocycles. The van der Waals surface area contributed by atoms with Gasteiger partial charge in [0, 0.05) is 21.7 Å². The monoisotopic (exact) mass is 421 g/mol. The molecule has 1 aromatic heterocycles. The van der Waals surface area contributed by atoms with Crippen LogP contribution < -0.4 is 10.9 Å². The van der Waals surface area contributed by atoms with E-state index in [-0.39, 0.29) is 22.3 Å². The molecule has 0 saturated carbocycles. The summed E-state index contributed by atoms with van der Waals surface area (Å²) < 4.78 is 29.6.